The molecule has 30 heavy (non-hydrogen) atoms. The van der Waals surface area contributed by atoms with Gasteiger partial charge in [0.2, 0.25) is 22.7 Å². The van der Waals surface area contributed by atoms with Gasteiger partial charge in [0.15, 0.2) is 11.5 Å². The molecule has 0 unspecified atom stereocenters. The largest absolute Gasteiger partial charge is 0.454 e. The standard InChI is InChI=1S/C22H26N2O5S/c1-16-5-8-18(14-21(16)30(26,27)24-11-3-2-4-12-24)23-22(25)10-7-17-6-9-19-20(13-17)29-15-28-19/h5-6,8-9,13-14H,2-4,7,10-12,15H2,1H3,(H,23,25). The number of fused-ring (bicyclic) bond motifs is 1. The Morgan fingerprint density at radius 3 is 2.60 bits per heavy atom. The fraction of sp³-hybridized carbons (Fsp3) is 0.409. The first kappa shape index (κ1) is 20.7. The van der Waals surface area contributed by atoms with E-state index in [4.69, 9.17) is 9.47 Å². The van der Waals surface area contributed by atoms with Crippen LogP contribution in [0.25, 0.3) is 0 Å². The molecule has 1 fully saturated rings. The van der Waals surface area contributed by atoms with Crippen molar-refractivity contribution in [2.24, 2.45) is 0 Å². The lowest BCUT2D eigenvalue weighted by molar-refractivity contribution is -0.116. The van der Waals surface area contributed by atoms with E-state index in [2.05, 4.69) is 5.32 Å². The maximum absolute atomic E-state index is 13.0. The van der Waals surface area contributed by atoms with Crippen LogP contribution in [-0.2, 0) is 21.2 Å². The minimum absolute atomic E-state index is 0.169. The summed E-state index contributed by atoms with van der Waals surface area (Å²) in [7, 11) is -3.56. The highest BCUT2D eigenvalue weighted by Gasteiger charge is 2.27. The molecule has 2 heterocycles. The maximum Gasteiger partial charge on any atom is 0.243 e. The summed E-state index contributed by atoms with van der Waals surface area (Å²) in [5.74, 6) is 1.24. The van der Waals surface area contributed by atoms with Crippen LogP contribution in [-0.4, -0.2) is 38.5 Å². The number of hydrogen-bond acceptors (Lipinski definition) is 5. The van der Waals surface area contributed by atoms with E-state index >= 15 is 0 Å². The van der Waals surface area contributed by atoms with Gasteiger partial charge in [0.1, 0.15) is 0 Å². The summed E-state index contributed by atoms with van der Waals surface area (Å²) in [6.45, 7) is 3.10. The number of carbonyl (C=O) groups is 1. The molecule has 0 bridgehead atoms. The van der Waals surface area contributed by atoms with Gasteiger partial charge in [0, 0.05) is 25.2 Å². The van der Waals surface area contributed by atoms with Crippen LogP contribution in [0.4, 0.5) is 5.69 Å². The van der Waals surface area contributed by atoms with Crippen LogP contribution in [0, 0.1) is 6.92 Å². The molecule has 8 heteroatoms. The minimum Gasteiger partial charge on any atom is -0.454 e. The number of sulfonamides is 1. The third-order valence-corrected chi connectivity index (χ3v) is 7.52. The van der Waals surface area contributed by atoms with Crippen LogP contribution in [0.5, 0.6) is 11.5 Å². The Labute approximate surface area is 177 Å². The van der Waals surface area contributed by atoms with Gasteiger partial charge < -0.3 is 14.8 Å². The third-order valence-electron chi connectivity index (χ3n) is 5.48. The van der Waals surface area contributed by atoms with Gasteiger partial charge in [-0.1, -0.05) is 18.6 Å². The van der Waals surface area contributed by atoms with Gasteiger partial charge in [0.05, 0.1) is 4.90 Å². The van der Waals surface area contributed by atoms with Crippen molar-refractivity contribution in [1.29, 1.82) is 0 Å². The second-order valence-electron chi connectivity index (χ2n) is 7.68. The van der Waals surface area contributed by atoms with Gasteiger partial charge in [-0.2, -0.15) is 4.31 Å². The van der Waals surface area contributed by atoms with Crippen molar-refractivity contribution in [3.63, 3.8) is 0 Å². The number of hydrogen-bond donors (Lipinski definition) is 1. The Hall–Kier alpha value is -2.58. The molecular formula is C22H26N2O5S. The summed E-state index contributed by atoms with van der Waals surface area (Å²) in [6.07, 6.45) is 3.66. The molecule has 0 atom stereocenters. The topological polar surface area (TPSA) is 84.9 Å². The van der Waals surface area contributed by atoms with Crippen LogP contribution >= 0.6 is 0 Å². The zero-order chi connectivity index (χ0) is 21.1. The first-order valence-corrected chi connectivity index (χ1v) is 11.7. The Morgan fingerprint density at radius 1 is 1.03 bits per heavy atom. The summed E-state index contributed by atoms with van der Waals surface area (Å²) in [5, 5.41) is 2.83. The van der Waals surface area contributed by atoms with Crippen molar-refractivity contribution >= 4 is 21.6 Å². The van der Waals surface area contributed by atoms with E-state index in [9.17, 15) is 13.2 Å². The van der Waals surface area contributed by atoms with Gasteiger partial charge in [0.25, 0.3) is 0 Å². The van der Waals surface area contributed by atoms with Gasteiger partial charge in [-0.05, 0) is 61.6 Å². The Bertz CT molecular complexity index is 1050. The molecule has 7 nitrogen and oxygen atoms in total. The zero-order valence-electron chi connectivity index (χ0n) is 17.0. The smallest absolute Gasteiger partial charge is 0.243 e. The average molecular weight is 431 g/mol. The number of nitrogens with one attached hydrogen (secondary N) is 1. The van der Waals surface area contributed by atoms with Crippen molar-refractivity contribution in [3.05, 3.63) is 47.5 Å². The fourth-order valence-corrected chi connectivity index (χ4v) is 5.55. The van der Waals surface area contributed by atoms with Crippen molar-refractivity contribution in [3.8, 4) is 11.5 Å². The number of ether oxygens (including phenoxy) is 2. The van der Waals surface area contributed by atoms with Crippen LogP contribution in [0.1, 0.15) is 36.8 Å². The lowest BCUT2D eigenvalue weighted by Gasteiger charge is -2.26. The lowest BCUT2D eigenvalue weighted by Crippen LogP contribution is -2.36. The summed E-state index contributed by atoms with van der Waals surface area (Å²) in [4.78, 5) is 12.7. The Kier molecular flexibility index (Phi) is 5.97. The second-order valence-corrected chi connectivity index (χ2v) is 9.59. The number of carbonyl (C=O) groups excluding carboxylic acids is 1. The van der Waals surface area contributed by atoms with Crippen molar-refractivity contribution in [2.45, 2.75) is 43.9 Å². The molecule has 4 rings (SSSR count). The molecule has 160 valence electrons. The number of amides is 1. The molecular weight excluding hydrogens is 404 g/mol. The third kappa shape index (κ3) is 4.44. The van der Waals surface area contributed by atoms with E-state index in [1.807, 2.05) is 18.2 Å². The molecule has 0 spiro atoms. The van der Waals surface area contributed by atoms with Crippen molar-refractivity contribution in [2.75, 3.05) is 25.2 Å². The molecule has 2 aliphatic rings. The Morgan fingerprint density at radius 2 is 1.80 bits per heavy atom. The monoisotopic (exact) mass is 430 g/mol. The number of piperidine rings is 1. The summed E-state index contributed by atoms with van der Waals surface area (Å²) in [5.41, 5.74) is 2.15. The van der Waals surface area contributed by atoms with Crippen LogP contribution in [0.15, 0.2) is 41.3 Å². The van der Waals surface area contributed by atoms with E-state index in [-0.39, 0.29) is 24.0 Å². The van der Waals surface area contributed by atoms with E-state index in [1.54, 1.807) is 29.4 Å². The lowest BCUT2D eigenvalue weighted by atomic mass is 10.1. The van der Waals surface area contributed by atoms with Gasteiger partial charge >= 0.3 is 0 Å². The molecule has 1 saturated heterocycles. The van der Waals surface area contributed by atoms with Crippen molar-refractivity contribution in [1.82, 2.24) is 4.31 Å². The second kappa shape index (κ2) is 8.65. The SMILES string of the molecule is Cc1ccc(NC(=O)CCc2ccc3c(c2)OCO3)cc1S(=O)(=O)N1CCCCC1. The Balaban J connectivity index is 1.42. The molecule has 2 aliphatic heterocycles. The van der Waals surface area contributed by atoms with Crippen molar-refractivity contribution < 1.29 is 22.7 Å². The first-order valence-electron chi connectivity index (χ1n) is 10.2. The van der Waals surface area contributed by atoms with E-state index in [0.717, 1.165) is 24.8 Å². The van der Waals surface area contributed by atoms with Gasteiger partial charge in [-0.15, -0.1) is 0 Å². The van der Waals surface area contributed by atoms with E-state index in [1.165, 1.54) is 0 Å². The van der Waals surface area contributed by atoms with Gasteiger partial charge in [-0.3, -0.25) is 4.79 Å². The molecule has 0 radical (unpaired) electrons. The summed E-state index contributed by atoms with van der Waals surface area (Å²) in [6, 6.07) is 10.7. The van der Waals surface area contributed by atoms with Crippen LogP contribution in [0.2, 0.25) is 0 Å². The predicted molar refractivity (Wildman–Crippen MR) is 113 cm³/mol. The number of benzene rings is 2. The number of anilines is 1. The molecule has 2 aromatic rings. The molecule has 2 aromatic carbocycles. The van der Waals surface area contributed by atoms with Crippen LogP contribution < -0.4 is 14.8 Å². The minimum atomic E-state index is -3.56. The predicted octanol–water partition coefficient (Wildman–Crippen LogP) is 3.47. The number of nitrogens with zero attached hydrogens (tertiary/aromatic N) is 1. The normalized spacial score (nSPS) is 16.4. The molecule has 0 aromatic heterocycles. The summed E-state index contributed by atoms with van der Waals surface area (Å²) < 4.78 is 38.3. The van der Waals surface area contributed by atoms with Crippen LogP contribution in [0.3, 0.4) is 0 Å². The fourth-order valence-electron chi connectivity index (χ4n) is 3.78. The van der Waals surface area contributed by atoms with E-state index < -0.39 is 10.0 Å². The summed E-state index contributed by atoms with van der Waals surface area (Å²) >= 11 is 0. The molecule has 0 aliphatic carbocycles. The maximum atomic E-state index is 13.0. The highest BCUT2D eigenvalue weighted by molar-refractivity contribution is 7.89. The number of rotatable bonds is 6. The quantitative estimate of drug-likeness (QED) is 0.759. The molecule has 1 amide bonds. The molecule has 0 saturated carbocycles. The number of aryl methyl sites for hydroxylation is 2. The van der Waals surface area contributed by atoms with E-state index in [0.29, 0.717) is 42.3 Å². The van der Waals surface area contributed by atoms with Gasteiger partial charge in [-0.25, -0.2) is 8.42 Å². The average Bonchev–Trinajstić information content (AvgIpc) is 3.22. The first-order chi connectivity index (χ1) is 14.4. The highest BCUT2D eigenvalue weighted by atomic mass is 32.2. The zero-order valence-corrected chi connectivity index (χ0v) is 17.8. The molecule has 1 N–H and O–H groups in total. The highest BCUT2D eigenvalue weighted by Crippen LogP contribution is 2.33.